The number of alkyl carbamates (subject to hydrolysis) is 1. The Morgan fingerprint density at radius 3 is 1.37 bits per heavy atom. The molecule has 84 heavy (non-hydrogen) atoms. The van der Waals surface area contributed by atoms with Gasteiger partial charge in [0.2, 0.25) is 11.8 Å². The van der Waals surface area contributed by atoms with Crippen molar-refractivity contribution >= 4 is 77.6 Å². The maximum Gasteiger partial charge on any atom is 0.407 e. The van der Waals surface area contributed by atoms with Crippen molar-refractivity contribution in [1.82, 2.24) is 25.8 Å². The highest BCUT2D eigenvalue weighted by Crippen LogP contribution is 2.28. The van der Waals surface area contributed by atoms with Gasteiger partial charge in [0.15, 0.2) is 46.2 Å². The van der Waals surface area contributed by atoms with E-state index in [1.54, 1.807) is 97.0 Å². The van der Waals surface area contributed by atoms with Crippen molar-refractivity contribution in [2.75, 3.05) is 24.6 Å². The number of rotatable bonds is 23. The van der Waals surface area contributed by atoms with E-state index >= 15 is 0 Å². The van der Waals surface area contributed by atoms with Crippen molar-refractivity contribution in [2.45, 2.75) is 128 Å². The smallest absolute Gasteiger partial charge is 0.407 e. The van der Waals surface area contributed by atoms with Gasteiger partial charge < -0.3 is 55.9 Å². The molecule has 2 aliphatic rings. The summed E-state index contributed by atoms with van der Waals surface area (Å²) in [4.78, 5) is 90.1. The van der Waals surface area contributed by atoms with E-state index in [1.165, 1.54) is 33.3 Å². The highest BCUT2D eigenvalue weighted by Gasteiger charge is 2.38. The van der Waals surface area contributed by atoms with Crippen LogP contribution in [0.25, 0.3) is 0 Å². The quantitative estimate of drug-likeness (QED) is 0.0303. The topological polar surface area (TPSA) is 256 Å². The monoisotopic (exact) mass is 1240 g/mol. The molecule has 0 spiro atoms. The fraction of sp³-hybridized carbons (Fsp3) is 0.456. The number of nitrogens with two attached hydrogens (primary N) is 1. The molecule has 0 saturated carbocycles. The van der Waals surface area contributed by atoms with Gasteiger partial charge in [-0.2, -0.15) is 0 Å². The van der Waals surface area contributed by atoms with Gasteiger partial charge in [-0.1, -0.05) is 52.0 Å². The predicted octanol–water partition coefficient (Wildman–Crippen LogP) is 8.13. The lowest BCUT2D eigenvalue weighted by atomic mass is 10.0. The molecule has 4 aromatic rings. The molecular weight excluding hydrogens is 1170 g/mol. The fourth-order valence-corrected chi connectivity index (χ4v) is 10.8. The molecular formula is C57H69ClF6N6O12S2. The first kappa shape index (κ1) is 69.6. The summed E-state index contributed by atoms with van der Waals surface area (Å²) in [6, 6.07) is 13.6. The summed E-state index contributed by atoms with van der Waals surface area (Å²) in [5, 5.41) is 25.0. The number of carboxylic acids is 2. The Bertz CT molecular complexity index is 2950. The summed E-state index contributed by atoms with van der Waals surface area (Å²) in [5.41, 5.74) is 6.20. The summed E-state index contributed by atoms with van der Waals surface area (Å²) in [6.45, 7) is 12.8. The van der Waals surface area contributed by atoms with E-state index in [4.69, 9.17) is 19.9 Å². The lowest BCUT2D eigenvalue weighted by molar-refractivity contribution is -0.148. The van der Waals surface area contributed by atoms with Crippen molar-refractivity contribution < 1.29 is 84.3 Å². The lowest BCUT2D eigenvalue weighted by Gasteiger charge is -2.27. The minimum Gasteiger partial charge on any atom is -0.478 e. The zero-order valence-corrected chi connectivity index (χ0v) is 49.5. The Hall–Kier alpha value is -6.90. The molecule has 2 fully saturated rings. The summed E-state index contributed by atoms with van der Waals surface area (Å²) in [5.74, 6) is -9.64. The molecule has 18 nitrogen and oxygen atoms in total. The van der Waals surface area contributed by atoms with E-state index in [0.717, 1.165) is 11.6 Å². The van der Waals surface area contributed by atoms with Gasteiger partial charge in [0.1, 0.15) is 28.7 Å². The number of amides is 5. The van der Waals surface area contributed by atoms with Gasteiger partial charge in [0.05, 0.1) is 0 Å². The number of hydrogen-bond donors (Lipinski definition) is 6. The number of carbonyl (C=O) groups excluding carboxylic acids is 5. The van der Waals surface area contributed by atoms with Gasteiger partial charge in [-0.25, -0.2) is 40.7 Å². The minimum atomic E-state index is -1.37. The van der Waals surface area contributed by atoms with Gasteiger partial charge >= 0.3 is 18.0 Å². The van der Waals surface area contributed by atoms with Crippen molar-refractivity contribution in [3.63, 3.8) is 0 Å². The Kier molecular flexibility index (Phi) is 26.4. The van der Waals surface area contributed by atoms with Crippen LogP contribution in [0.3, 0.4) is 0 Å². The zero-order chi connectivity index (χ0) is 61.5. The van der Waals surface area contributed by atoms with Crippen LogP contribution in [0.5, 0.6) is 11.5 Å². The molecule has 2 heterocycles. The van der Waals surface area contributed by atoms with Crippen LogP contribution in [0.2, 0.25) is 0 Å². The predicted molar refractivity (Wildman–Crippen MR) is 304 cm³/mol. The number of benzene rings is 4. The second kappa shape index (κ2) is 31.8. The van der Waals surface area contributed by atoms with Crippen LogP contribution in [-0.4, -0.2) is 127 Å². The van der Waals surface area contributed by atoms with Gasteiger partial charge in [0.25, 0.3) is 11.8 Å². The van der Waals surface area contributed by atoms with E-state index in [1.807, 2.05) is 0 Å². The van der Waals surface area contributed by atoms with Gasteiger partial charge in [-0.15, -0.1) is 35.9 Å². The maximum absolute atomic E-state index is 14.4. The van der Waals surface area contributed by atoms with Crippen LogP contribution in [0.1, 0.15) is 83.6 Å². The van der Waals surface area contributed by atoms with Crippen molar-refractivity contribution in [2.24, 2.45) is 17.6 Å². The molecule has 4 aromatic carbocycles. The SMILES string of the molecule is CC(C)C(Oc1ccc(CNC(=O)[C@H]2SCCN2C(=O)C[C@@H](Cc2cc(F)c(F)cc2F)NC(=O)OC(C)(C)C)cc1)C(=O)O.CC(C)[C@@H](Oc1ccc(CNC(=O)[C@H]2SCCN2C(=O)CC(N)Cc2cc(F)c(F)cc2F)cc1)C(=O)O.Cl. The van der Waals surface area contributed by atoms with Crippen LogP contribution in [0.4, 0.5) is 31.1 Å². The Morgan fingerprint density at radius 1 is 0.607 bits per heavy atom. The molecule has 0 aliphatic carbocycles. The number of ether oxygens (including phenoxy) is 3. The number of nitrogens with zero attached hydrogens (tertiary/aromatic N) is 2. The second-order valence-corrected chi connectivity index (χ2v) is 23.6. The molecule has 0 bridgehead atoms. The zero-order valence-electron chi connectivity index (χ0n) is 47.1. The lowest BCUT2D eigenvalue weighted by Crippen LogP contribution is -2.48. The standard InChI is InChI=1S/C31H38F3N3O7S.C26H30F3N3O5S.ClH/c1-17(2)26(29(40)41)43-21-8-6-18(7-9-21)16-35-27(39)28-37(10-11-45-28)25(38)14-20(36-30(42)44-31(3,4)5)12-19-13-23(33)24(34)15-22(19)32;1-14(2)23(26(35)36)37-18-5-3-15(4-6-18)13-31-24(34)25-32(7-8-38-25)22(33)11-17(30)9-16-10-20(28)21(29)12-19(16)27;/h6-9,13,15,17,20,26,28H,10-12,14,16H2,1-5H3,(H,35,39)(H,36,42)(H,40,41);3-6,10,12,14,17,23,25H,7-9,11,13,30H2,1-2H3,(H,31,34)(H,35,36);1H/t20-,26?,28-;17?,23-,25-;/m11./s1. The summed E-state index contributed by atoms with van der Waals surface area (Å²) < 4.78 is 98.6. The summed E-state index contributed by atoms with van der Waals surface area (Å²) >= 11 is 2.55. The van der Waals surface area contributed by atoms with Gasteiger partial charge in [-0.05, 0) is 92.3 Å². The third-order valence-electron chi connectivity index (χ3n) is 12.6. The van der Waals surface area contributed by atoms with E-state index in [9.17, 15) is 70.1 Å². The molecule has 2 aliphatic heterocycles. The highest BCUT2D eigenvalue weighted by molar-refractivity contribution is 8.01. The van der Waals surface area contributed by atoms with Crippen molar-refractivity contribution in [3.05, 3.63) is 130 Å². The van der Waals surface area contributed by atoms with Crippen LogP contribution in [0, 0.1) is 46.7 Å². The van der Waals surface area contributed by atoms with E-state index < -0.39 is 111 Å². The molecule has 2 unspecified atom stereocenters. The van der Waals surface area contributed by atoms with E-state index in [2.05, 4.69) is 16.0 Å². The molecule has 27 heteroatoms. The van der Waals surface area contributed by atoms with Gasteiger partial charge in [0, 0.05) is 86.6 Å². The first-order valence-electron chi connectivity index (χ1n) is 26.4. The van der Waals surface area contributed by atoms with Crippen LogP contribution >= 0.6 is 35.9 Å². The fourth-order valence-electron chi connectivity index (χ4n) is 8.42. The Morgan fingerprint density at radius 2 is 0.988 bits per heavy atom. The molecule has 6 rings (SSSR count). The van der Waals surface area contributed by atoms with Crippen molar-refractivity contribution in [3.8, 4) is 11.5 Å². The third-order valence-corrected chi connectivity index (χ3v) is 15.0. The average molecular weight is 1240 g/mol. The first-order valence-corrected chi connectivity index (χ1v) is 28.5. The average Bonchev–Trinajstić information content (AvgIpc) is 4.07. The van der Waals surface area contributed by atoms with E-state index in [0.29, 0.717) is 53.3 Å². The number of carboxylic acid groups (broad SMARTS) is 2. The largest absolute Gasteiger partial charge is 0.478 e. The van der Waals surface area contributed by atoms with Crippen LogP contribution in [-0.2, 0) is 59.4 Å². The molecule has 2 saturated heterocycles. The Balaban J connectivity index is 0.000000361. The Labute approximate surface area is 497 Å². The van der Waals surface area contributed by atoms with Gasteiger partial charge in [-0.3, -0.25) is 19.2 Å². The summed E-state index contributed by atoms with van der Waals surface area (Å²) in [6.07, 6.45) is -3.94. The van der Waals surface area contributed by atoms with Crippen LogP contribution < -0.4 is 31.2 Å². The highest BCUT2D eigenvalue weighted by atomic mass is 35.5. The molecule has 0 radical (unpaired) electrons. The first-order chi connectivity index (χ1) is 39.0. The van der Waals surface area contributed by atoms with Crippen molar-refractivity contribution in [1.29, 1.82) is 0 Å². The summed E-state index contributed by atoms with van der Waals surface area (Å²) in [7, 11) is 0. The number of halogens is 7. The molecule has 5 amide bonds. The number of thioether (sulfide) groups is 2. The van der Waals surface area contributed by atoms with Crippen LogP contribution in [0.15, 0.2) is 72.8 Å². The molecule has 0 aromatic heterocycles. The third kappa shape index (κ3) is 21.0. The number of nitrogens with one attached hydrogen (secondary N) is 3. The maximum atomic E-state index is 14.4. The number of hydrogen-bond acceptors (Lipinski definition) is 13. The second-order valence-electron chi connectivity index (χ2n) is 21.2. The van der Waals surface area contributed by atoms with E-state index in [-0.39, 0.29) is 86.6 Å². The normalized spacial score (nSPS) is 16.3. The number of carbonyl (C=O) groups is 7. The molecule has 460 valence electrons. The minimum absolute atomic E-state index is 0. The molecule has 7 N–H and O–H groups in total. The molecule has 6 atom stereocenters. The number of aliphatic carboxylic acids is 2.